The van der Waals surface area contributed by atoms with Crippen molar-refractivity contribution >= 4 is 17.7 Å². The van der Waals surface area contributed by atoms with Crippen molar-refractivity contribution in [2.24, 2.45) is 5.73 Å². The van der Waals surface area contributed by atoms with Gasteiger partial charge in [0, 0.05) is 30.4 Å². The van der Waals surface area contributed by atoms with E-state index in [0.29, 0.717) is 6.54 Å². The largest absolute Gasteiger partial charge is 0.337 e. The van der Waals surface area contributed by atoms with Crippen LogP contribution in [0, 0.1) is 0 Å². The normalized spacial score (nSPS) is 19.9. The Morgan fingerprint density at radius 2 is 2.17 bits per heavy atom. The Kier molecular flexibility index (Phi) is 4.66. The number of carbonyl (C=O) groups excluding carboxylic acids is 1. The third kappa shape index (κ3) is 3.27. The maximum absolute atomic E-state index is 12.3. The summed E-state index contributed by atoms with van der Waals surface area (Å²) >= 11 is 1.79. The highest BCUT2D eigenvalue weighted by atomic mass is 32.2. The van der Waals surface area contributed by atoms with Crippen LogP contribution < -0.4 is 5.73 Å². The number of nitrogens with two attached hydrogens (primary N) is 1. The molecule has 98 valence electrons. The maximum atomic E-state index is 12.3. The lowest BCUT2D eigenvalue weighted by Gasteiger charge is -2.30. The predicted octanol–water partition coefficient (Wildman–Crippen LogP) is 2.11. The molecule has 0 bridgehead atoms. The van der Waals surface area contributed by atoms with E-state index in [9.17, 15) is 4.79 Å². The first-order chi connectivity index (χ1) is 8.70. The number of hydrogen-bond acceptors (Lipinski definition) is 3. The molecule has 1 saturated heterocycles. The number of hydrogen-bond donors (Lipinski definition) is 1. The van der Waals surface area contributed by atoms with Gasteiger partial charge < -0.3 is 10.6 Å². The van der Waals surface area contributed by atoms with Crippen molar-refractivity contribution in [2.45, 2.75) is 24.6 Å². The van der Waals surface area contributed by atoms with E-state index < -0.39 is 0 Å². The molecule has 1 aromatic rings. The Morgan fingerprint density at radius 1 is 1.44 bits per heavy atom. The molecule has 1 aromatic carbocycles. The summed E-state index contributed by atoms with van der Waals surface area (Å²) in [5.74, 6) is 1.10. The molecule has 0 spiro atoms. The lowest BCUT2D eigenvalue weighted by Crippen LogP contribution is -2.45. The molecule has 1 amide bonds. The molecule has 0 aromatic heterocycles. The Morgan fingerprint density at radius 3 is 2.78 bits per heavy atom. The number of benzene rings is 1. The number of rotatable bonds is 3. The number of carbonyl (C=O) groups is 1. The highest BCUT2D eigenvalue weighted by Gasteiger charge is 2.21. The van der Waals surface area contributed by atoms with Crippen molar-refractivity contribution < 1.29 is 4.79 Å². The molecule has 0 radical (unpaired) electrons. The second-order valence-electron chi connectivity index (χ2n) is 4.78. The molecule has 1 aliphatic heterocycles. The monoisotopic (exact) mass is 264 g/mol. The molecule has 18 heavy (non-hydrogen) atoms. The zero-order valence-corrected chi connectivity index (χ0v) is 11.6. The molecule has 0 aliphatic carbocycles. The van der Waals surface area contributed by atoms with Crippen LogP contribution in [0.2, 0.25) is 0 Å². The van der Waals surface area contributed by atoms with E-state index in [2.05, 4.69) is 6.26 Å². The zero-order valence-electron chi connectivity index (χ0n) is 10.8. The van der Waals surface area contributed by atoms with Gasteiger partial charge in [0.2, 0.25) is 0 Å². The van der Waals surface area contributed by atoms with E-state index in [1.807, 2.05) is 29.2 Å². The Bertz CT molecular complexity index is 405. The van der Waals surface area contributed by atoms with E-state index in [1.54, 1.807) is 11.8 Å². The highest BCUT2D eigenvalue weighted by Crippen LogP contribution is 2.15. The van der Waals surface area contributed by atoms with Crippen LogP contribution >= 0.6 is 11.8 Å². The van der Waals surface area contributed by atoms with Gasteiger partial charge in [0.25, 0.3) is 5.91 Å². The third-order valence-electron chi connectivity index (χ3n) is 3.26. The van der Waals surface area contributed by atoms with Gasteiger partial charge in [0.15, 0.2) is 0 Å². The van der Waals surface area contributed by atoms with Crippen LogP contribution in [0.3, 0.4) is 0 Å². The molecule has 1 heterocycles. The summed E-state index contributed by atoms with van der Waals surface area (Å²) in [5.41, 5.74) is 7.94. The Balaban J connectivity index is 2.03. The lowest BCUT2D eigenvalue weighted by atomic mass is 10.0. The smallest absolute Gasteiger partial charge is 0.253 e. The molecular weight excluding hydrogens is 244 g/mol. The van der Waals surface area contributed by atoms with Gasteiger partial charge >= 0.3 is 0 Å². The lowest BCUT2D eigenvalue weighted by molar-refractivity contribution is 0.0709. The first-order valence-electron chi connectivity index (χ1n) is 6.33. The van der Waals surface area contributed by atoms with Crippen molar-refractivity contribution in [2.75, 3.05) is 19.3 Å². The van der Waals surface area contributed by atoms with E-state index in [-0.39, 0.29) is 11.9 Å². The van der Waals surface area contributed by atoms with Crippen LogP contribution in [-0.2, 0) is 5.75 Å². The Hall–Kier alpha value is -1.00. The van der Waals surface area contributed by atoms with Gasteiger partial charge in [-0.2, -0.15) is 11.8 Å². The summed E-state index contributed by atoms with van der Waals surface area (Å²) in [7, 11) is 0. The van der Waals surface area contributed by atoms with Gasteiger partial charge in [-0.1, -0.05) is 12.1 Å². The molecule has 1 atom stereocenters. The van der Waals surface area contributed by atoms with Crippen LogP contribution in [0.1, 0.15) is 28.8 Å². The molecular formula is C14H20N2OS. The fourth-order valence-electron chi connectivity index (χ4n) is 2.29. The van der Waals surface area contributed by atoms with Crippen LogP contribution in [0.5, 0.6) is 0 Å². The van der Waals surface area contributed by atoms with Crippen LogP contribution in [0.25, 0.3) is 0 Å². The summed E-state index contributed by atoms with van der Waals surface area (Å²) in [6, 6.07) is 8.06. The van der Waals surface area contributed by atoms with Gasteiger partial charge in [-0.25, -0.2) is 0 Å². The Labute approximate surface area is 113 Å². The van der Waals surface area contributed by atoms with Gasteiger partial charge in [0.05, 0.1) is 0 Å². The number of piperidine rings is 1. The fraction of sp³-hybridized carbons (Fsp3) is 0.500. The van der Waals surface area contributed by atoms with Crippen LogP contribution in [-0.4, -0.2) is 36.2 Å². The molecule has 1 aliphatic rings. The summed E-state index contributed by atoms with van der Waals surface area (Å²) in [4.78, 5) is 14.2. The van der Waals surface area contributed by atoms with Crippen molar-refractivity contribution in [3.63, 3.8) is 0 Å². The first-order valence-corrected chi connectivity index (χ1v) is 7.73. The van der Waals surface area contributed by atoms with E-state index in [1.165, 1.54) is 5.56 Å². The molecule has 3 nitrogen and oxygen atoms in total. The topological polar surface area (TPSA) is 46.3 Å². The molecule has 1 fully saturated rings. The average molecular weight is 264 g/mol. The van der Waals surface area contributed by atoms with E-state index in [4.69, 9.17) is 5.73 Å². The highest BCUT2D eigenvalue weighted by molar-refractivity contribution is 7.97. The minimum absolute atomic E-state index is 0.112. The van der Waals surface area contributed by atoms with E-state index >= 15 is 0 Å². The molecule has 2 N–H and O–H groups in total. The quantitative estimate of drug-likeness (QED) is 0.909. The van der Waals surface area contributed by atoms with Crippen LogP contribution in [0.4, 0.5) is 0 Å². The summed E-state index contributed by atoms with van der Waals surface area (Å²) in [6.45, 7) is 1.52. The number of nitrogens with zero attached hydrogens (tertiary/aromatic N) is 1. The van der Waals surface area contributed by atoms with Gasteiger partial charge in [0.1, 0.15) is 0 Å². The molecule has 0 saturated carbocycles. The molecule has 2 rings (SSSR count). The second-order valence-corrected chi connectivity index (χ2v) is 5.65. The SMILES string of the molecule is CSCc1ccc(C(=O)N2CCC[C@@H](N)C2)cc1. The molecule has 0 unspecified atom stereocenters. The first kappa shape index (κ1) is 13.4. The number of likely N-dealkylation sites (tertiary alicyclic amines) is 1. The third-order valence-corrected chi connectivity index (χ3v) is 3.88. The van der Waals surface area contributed by atoms with Gasteiger partial charge in [-0.3, -0.25) is 4.79 Å². The van der Waals surface area contributed by atoms with Gasteiger partial charge in [-0.05, 0) is 36.8 Å². The second kappa shape index (κ2) is 6.25. The predicted molar refractivity (Wildman–Crippen MR) is 76.8 cm³/mol. The van der Waals surface area contributed by atoms with Crippen molar-refractivity contribution in [3.05, 3.63) is 35.4 Å². The number of amides is 1. The maximum Gasteiger partial charge on any atom is 0.253 e. The molecule has 4 heteroatoms. The summed E-state index contributed by atoms with van der Waals surface area (Å²) in [6.07, 6.45) is 4.11. The fourth-order valence-corrected chi connectivity index (χ4v) is 2.81. The minimum Gasteiger partial charge on any atom is -0.337 e. The van der Waals surface area contributed by atoms with Crippen LogP contribution in [0.15, 0.2) is 24.3 Å². The van der Waals surface area contributed by atoms with Crippen molar-refractivity contribution in [1.29, 1.82) is 0 Å². The van der Waals surface area contributed by atoms with Crippen molar-refractivity contribution in [3.8, 4) is 0 Å². The summed E-state index contributed by atoms with van der Waals surface area (Å²) in [5, 5.41) is 0. The van der Waals surface area contributed by atoms with Crippen molar-refractivity contribution in [1.82, 2.24) is 4.90 Å². The standard InChI is InChI=1S/C14H20N2OS/c1-18-10-11-4-6-12(7-5-11)14(17)16-8-2-3-13(15)9-16/h4-7,13H,2-3,8-10,15H2,1H3/t13-/m1/s1. The summed E-state index contributed by atoms with van der Waals surface area (Å²) < 4.78 is 0. The number of thioether (sulfide) groups is 1. The minimum atomic E-state index is 0.112. The zero-order chi connectivity index (χ0) is 13.0. The average Bonchev–Trinajstić information content (AvgIpc) is 2.39. The van der Waals surface area contributed by atoms with Gasteiger partial charge in [-0.15, -0.1) is 0 Å². The van der Waals surface area contributed by atoms with E-state index in [0.717, 1.165) is 30.7 Å².